The number of methoxy groups -OCH3 is 1. The van der Waals surface area contributed by atoms with Crippen molar-refractivity contribution in [2.24, 2.45) is 5.10 Å². The zero-order chi connectivity index (χ0) is 20.5. The molecular weight excluding hydrogens is 368 g/mol. The lowest BCUT2D eigenvalue weighted by atomic mass is 10.2. The Morgan fingerprint density at radius 2 is 1.96 bits per heavy atom. The van der Waals surface area contributed by atoms with Gasteiger partial charge in [0.1, 0.15) is 11.5 Å². The SMILES string of the molecule is COc1ccc(O)c(/C=N\NC(=O)CCC(=O)Nc2cccc([N+](=O)[O-])c2)c1. The van der Waals surface area contributed by atoms with Gasteiger partial charge < -0.3 is 15.2 Å². The lowest BCUT2D eigenvalue weighted by molar-refractivity contribution is -0.384. The van der Waals surface area contributed by atoms with Crippen LogP contribution in [0.3, 0.4) is 0 Å². The summed E-state index contributed by atoms with van der Waals surface area (Å²) in [7, 11) is 1.48. The van der Waals surface area contributed by atoms with Gasteiger partial charge in [-0.05, 0) is 24.3 Å². The van der Waals surface area contributed by atoms with Crippen LogP contribution < -0.4 is 15.5 Å². The molecule has 0 atom stereocenters. The second-order valence-corrected chi connectivity index (χ2v) is 5.57. The number of benzene rings is 2. The maximum atomic E-state index is 11.9. The summed E-state index contributed by atoms with van der Waals surface area (Å²) in [5.41, 5.74) is 2.72. The van der Waals surface area contributed by atoms with Crippen molar-refractivity contribution < 1.29 is 24.4 Å². The fourth-order valence-corrected chi connectivity index (χ4v) is 2.14. The highest BCUT2D eigenvalue weighted by Crippen LogP contribution is 2.21. The molecule has 3 N–H and O–H groups in total. The van der Waals surface area contributed by atoms with E-state index in [1.165, 1.54) is 49.7 Å². The highest BCUT2D eigenvalue weighted by Gasteiger charge is 2.10. The first-order valence-corrected chi connectivity index (χ1v) is 8.12. The molecule has 146 valence electrons. The second-order valence-electron chi connectivity index (χ2n) is 5.57. The summed E-state index contributed by atoms with van der Waals surface area (Å²) in [4.78, 5) is 33.8. The molecule has 0 bridgehead atoms. The topological polar surface area (TPSA) is 143 Å². The molecule has 0 aliphatic heterocycles. The van der Waals surface area contributed by atoms with Gasteiger partial charge in [-0.3, -0.25) is 19.7 Å². The van der Waals surface area contributed by atoms with E-state index in [0.29, 0.717) is 11.3 Å². The van der Waals surface area contributed by atoms with Crippen molar-refractivity contribution in [1.82, 2.24) is 5.43 Å². The Kier molecular flexibility index (Phi) is 7.03. The van der Waals surface area contributed by atoms with Crippen LogP contribution in [0, 0.1) is 10.1 Å². The van der Waals surface area contributed by atoms with Crippen LogP contribution in [0.4, 0.5) is 11.4 Å². The summed E-state index contributed by atoms with van der Waals surface area (Å²) in [5.74, 6) is -0.489. The number of non-ortho nitro benzene ring substituents is 1. The monoisotopic (exact) mass is 386 g/mol. The number of anilines is 1. The number of phenolic OH excluding ortho intramolecular Hbond substituents is 1. The highest BCUT2D eigenvalue weighted by molar-refractivity contribution is 5.93. The summed E-state index contributed by atoms with van der Waals surface area (Å²) in [5, 5.41) is 26.6. The number of rotatable bonds is 8. The van der Waals surface area contributed by atoms with Crippen LogP contribution in [-0.2, 0) is 9.59 Å². The molecule has 0 fully saturated rings. The van der Waals surface area contributed by atoms with Crippen LogP contribution in [0.5, 0.6) is 11.5 Å². The summed E-state index contributed by atoms with van der Waals surface area (Å²) in [6.07, 6.45) is 0.982. The van der Waals surface area contributed by atoms with Gasteiger partial charge in [-0.2, -0.15) is 5.10 Å². The zero-order valence-electron chi connectivity index (χ0n) is 14.9. The van der Waals surface area contributed by atoms with E-state index in [9.17, 15) is 24.8 Å². The number of nitrogens with one attached hydrogen (secondary N) is 2. The maximum absolute atomic E-state index is 11.9. The molecule has 0 unspecified atom stereocenters. The molecule has 0 saturated carbocycles. The number of carbonyl (C=O) groups excluding carboxylic acids is 2. The molecule has 0 radical (unpaired) electrons. The first-order chi connectivity index (χ1) is 13.4. The van der Waals surface area contributed by atoms with Gasteiger partial charge in [-0.15, -0.1) is 0 Å². The Labute approximate surface area is 160 Å². The van der Waals surface area contributed by atoms with Gasteiger partial charge in [0, 0.05) is 36.2 Å². The van der Waals surface area contributed by atoms with E-state index in [4.69, 9.17) is 4.74 Å². The third-order valence-corrected chi connectivity index (χ3v) is 3.55. The van der Waals surface area contributed by atoms with Crippen molar-refractivity contribution in [2.75, 3.05) is 12.4 Å². The van der Waals surface area contributed by atoms with E-state index in [2.05, 4.69) is 15.8 Å². The van der Waals surface area contributed by atoms with Crippen LogP contribution >= 0.6 is 0 Å². The van der Waals surface area contributed by atoms with E-state index in [1.807, 2.05) is 0 Å². The summed E-state index contributed by atoms with van der Waals surface area (Å²) >= 11 is 0. The van der Waals surface area contributed by atoms with Crippen LogP contribution in [0.25, 0.3) is 0 Å². The predicted molar refractivity (Wildman–Crippen MR) is 101 cm³/mol. The number of ether oxygens (including phenoxy) is 1. The molecule has 0 aliphatic rings. The lowest BCUT2D eigenvalue weighted by Crippen LogP contribution is -2.20. The van der Waals surface area contributed by atoms with Crippen molar-refractivity contribution in [3.8, 4) is 11.5 Å². The van der Waals surface area contributed by atoms with Crippen LogP contribution in [-0.4, -0.2) is 35.2 Å². The van der Waals surface area contributed by atoms with Gasteiger partial charge in [0.15, 0.2) is 0 Å². The van der Waals surface area contributed by atoms with E-state index >= 15 is 0 Å². The van der Waals surface area contributed by atoms with E-state index in [-0.39, 0.29) is 30.0 Å². The highest BCUT2D eigenvalue weighted by atomic mass is 16.6. The summed E-state index contributed by atoms with van der Waals surface area (Å²) in [6.45, 7) is 0. The minimum absolute atomic E-state index is 0.0323. The standard InChI is InChI=1S/C18H18N4O6/c1-28-15-5-6-16(23)12(9-15)11-19-21-18(25)8-7-17(24)20-13-3-2-4-14(10-13)22(26)27/h2-6,9-11,23H,7-8H2,1H3,(H,20,24)(H,21,25)/b19-11-. The zero-order valence-corrected chi connectivity index (χ0v) is 14.9. The van der Waals surface area contributed by atoms with Gasteiger partial charge in [-0.25, -0.2) is 5.43 Å². The fourth-order valence-electron chi connectivity index (χ4n) is 2.14. The minimum atomic E-state index is -0.568. The Morgan fingerprint density at radius 3 is 2.68 bits per heavy atom. The average molecular weight is 386 g/mol. The Bertz CT molecular complexity index is 913. The smallest absolute Gasteiger partial charge is 0.271 e. The molecule has 2 aromatic rings. The van der Waals surface area contributed by atoms with Crippen molar-refractivity contribution in [2.45, 2.75) is 12.8 Å². The third-order valence-electron chi connectivity index (χ3n) is 3.55. The van der Waals surface area contributed by atoms with Crippen LogP contribution in [0.1, 0.15) is 18.4 Å². The van der Waals surface area contributed by atoms with Gasteiger partial charge in [0.2, 0.25) is 11.8 Å². The number of carbonyl (C=O) groups is 2. The normalized spacial score (nSPS) is 10.5. The molecule has 2 amide bonds. The first kappa shape index (κ1) is 20.4. The van der Waals surface area contributed by atoms with Crippen molar-refractivity contribution in [1.29, 1.82) is 0 Å². The Balaban J connectivity index is 1.81. The number of phenols is 1. The molecule has 0 aromatic heterocycles. The molecule has 10 heteroatoms. The van der Waals surface area contributed by atoms with Gasteiger partial charge in [0.25, 0.3) is 5.69 Å². The molecule has 10 nitrogen and oxygen atoms in total. The Hall–Kier alpha value is -3.95. The maximum Gasteiger partial charge on any atom is 0.271 e. The number of hydrazone groups is 1. The number of nitro benzene ring substituents is 1. The van der Waals surface area contributed by atoms with Crippen LogP contribution in [0.2, 0.25) is 0 Å². The predicted octanol–water partition coefficient (Wildman–Crippen LogP) is 2.18. The second kappa shape index (κ2) is 9.67. The molecular formula is C18H18N4O6. The molecule has 0 saturated heterocycles. The summed E-state index contributed by atoms with van der Waals surface area (Å²) in [6, 6.07) is 10.0. The Morgan fingerprint density at radius 1 is 1.21 bits per heavy atom. The molecule has 0 aliphatic carbocycles. The molecule has 2 aromatic carbocycles. The minimum Gasteiger partial charge on any atom is -0.507 e. The average Bonchev–Trinajstić information content (AvgIpc) is 2.68. The van der Waals surface area contributed by atoms with E-state index in [0.717, 1.165) is 0 Å². The largest absolute Gasteiger partial charge is 0.507 e. The van der Waals surface area contributed by atoms with E-state index < -0.39 is 16.7 Å². The first-order valence-electron chi connectivity index (χ1n) is 8.12. The third kappa shape index (κ3) is 6.09. The van der Waals surface area contributed by atoms with Gasteiger partial charge >= 0.3 is 0 Å². The number of aromatic hydroxyl groups is 1. The number of hydrogen-bond donors (Lipinski definition) is 3. The van der Waals surface area contributed by atoms with Crippen LogP contribution in [0.15, 0.2) is 47.6 Å². The van der Waals surface area contributed by atoms with Crippen molar-refractivity contribution >= 4 is 29.4 Å². The van der Waals surface area contributed by atoms with E-state index in [1.54, 1.807) is 6.07 Å². The van der Waals surface area contributed by atoms with Gasteiger partial charge in [0.05, 0.1) is 18.2 Å². The molecule has 0 spiro atoms. The molecule has 0 heterocycles. The van der Waals surface area contributed by atoms with Crippen molar-refractivity contribution in [3.63, 3.8) is 0 Å². The quantitative estimate of drug-likeness (QED) is 0.360. The number of hydrogen-bond acceptors (Lipinski definition) is 7. The number of amides is 2. The van der Waals surface area contributed by atoms with Crippen molar-refractivity contribution in [3.05, 3.63) is 58.1 Å². The molecule has 28 heavy (non-hydrogen) atoms. The van der Waals surface area contributed by atoms with Gasteiger partial charge in [-0.1, -0.05) is 6.07 Å². The summed E-state index contributed by atoms with van der Waals surface area (Å²) < 4.78 is 5.03. The lowest BCUT2D eigenvalue weighted by Gasteiger charge is -2.05. The fraction of sp³-hybridized carbons (Fsp3) is 0.167. The number of nitrogens with zero attached hydrogens (tertiary/aromatic N) is 2. The number of nitro groups is 1. The molecule has 2 rings (SSSR count).